The van der Waals surface area contributed by atoms with Gasteiger partial charge in [-0.2, -0.15) is 0 Å². The third kappa shape index (κ3) is 4.34. The quantitative estimate of drug-likeness (QED) is 0.630. The number of rotatable bonds is 9. The monoisotopic (exact) mass is 426 g/mol. The van der Waals surface area contributed by atoms with Gasteiger partial charge in [0.05, 0.1) is 17.2 Å². The number of carbonyl (C=O) groups excluding carboxylic acids is 2. The molecule has 0 unspecified atom stereocenters. The van der Waals surface area contributed by atoms with Crippen LogP contribution in [-0.2, 0) is 19.1 Å². The molecule has 0 spiro atoms. The largest absolute Gasteiger partial charge is 0.484 e. The molecule has 1 aromatic carbocycles. The van der Waals surface area contributed by atoms with E-state index in [0.717, 1.165) is 18.9 Å². The van der Waals surface area contributed by atoms with Crippen LogP contribution in [0, 0.1) is 5.82 Å². The standard InChI is InChI=1S/C20H24ClFN2O5/c1-27-13-4-14(5-13)29-8-18(26)24-20-9-19(10-20,11-20)23-17(25)7-28-12-2-3-15(21)16(22)6-12/h2-3,6,13-14H,4-5,7-11H2,1H3,(H,23,25)(H,24,26)/t13-,14-,19?,20?. The molecule has 29 heavy (non-hydrogen) atoms. The van der Waals surface area contributed by atoms with Crippen LogP contribution >= 0.6 is 11.6 Å². The minimum atomic E-state index is -0.596. The first-order valence-corrected chi connectivity index (χ1v) is 10.0. The van der Waals surface area contributed by atoms with E-state index in [1.807, 2.05) is 0 Å². The zero-order valence-electron chi connectivity index (χ0n) is 16.1. The fraction of sp³-hybridized carbons (Fsp3) is 0.600. The van der Waals surface area contributed by atoms with E-state index in [-0.39, 0.29) is 59.1 Å². The molecule has 0 aromatic heterocycles. The highest BCUT2D eigenvalue weighted by atomic mass is 35.5. The van der Waals surface area contributed by atoms with Crippen molar-refractivity contribution >= 4 is 23.4 Å². The SMILES string of the molecule is CO[C@H]1C[C@H](OCC(=O)NC23CC(NC(=O)COc4ccc(Cl)c(F)c4)(C2)C3)C1. The Kier molecular flexibility index (Phi) is 5.44. The molecular weight excluding hydrogens is 403 g/mol. The molecule has 0 saturated heterocycles. The highest BCUT2D eigenvalue weighted by molar-refractivity contribution is 6.30. The molecule has 0 radical (unpaired) electrons. The summed E-state index contributed by atoms with van der Waals surface area (Å²) < 4.78 is 29.4. The van der Waals surface area contributed by atoms with Crippen LogP contribution in [0.5, 0.6) is 5.75 Å². The minimum Gasteiger partial charge on any atom is -0.484 e. The van der Waals surface area contributed by atoms with Gasteiger partial charge in [-0.05, 0) is 44.2 Å². The van der Waals surface area contributed by atoms with Gasteiger partial charge in [-0.1, -0.05) is 11.6 Å². The summed E-state index contributed by atoms with van der Waals surface area (Å²) in [5.41, 5.74) is -0.512. The van der Waals surface area contributed by atoms with Gasteiger partial charge in [0, 0.05) is 24.3 Å². The molecule has 0 atom stereocenters. The van der Waals surface area contributed by atoms with Crippen molar-refractivity contribution in [3.63, 3.8) is 0 Å². The normalized spacial score (nSPS) is 31.7. The summed E-state index contributed by atoms with van der Waals surface area (Å²) in [4.78, 5) is 24.2. The van der Waals surface area contributed by atoms with E-state index in [9.17, 15) is 14.0 Å². The molecular formula is C20H24ClFN2O5. The zero-order valence-corrected chi connectivity index (χ0v) is 16.9. The highest BCUT2D eigenvalue weighted by Crippen LogP contribution is 2.60. The van der Waals surface area contributed by atoms with Gasteiger partial charge in [0.15, 0.2) is 6.61 Å². The third-order valence-corrected chi connectivity index (χ3v) is 6.24. The molecule has 9 heteroatoms. The van der Waals surface area contributed by atoms with Crippen LogP contribution in [0.3, 0.4) is 0 Å². The summed E-state index contributed by atoms with van der Waals surface area (Å²) in [6.07, 6.45) is 4.08. The van der Waals surface area contributed by atoms with Gasteiger partial charge in [0.2, 0.25) is 5.91 Å². The number of carbonyl (C=O) groups is 2. The first kappa shape index (κ1) is 20.4. The molecule has 158 valence electrons. The smallest absolute Gasteiger partial charge is 0.258 e. The van der Waals surface area contributed by atoms with Gasteiger partial charge in [0.25, 0.3) is 5.91 Å². The van der Waals surface area contributed by atoms with Crippen LogP contribution < -0.4 is 15.4 Å². The van der Waals surface area contributed by atoms with E-state index in [0.29, 0.717) is 19.3 Å². The molecule has 0 heterocycles. The van der Waals surface area contributed by atoms with Gasteiger partial charge < -0.3 is 24.8 Å². The Morgan fingerprint density at radius 1 is 1.10 bits per heavy atom. The average Bonchev–Trinajstić information content (AvgIpc) is 2.58. The van der Waals surface area contributed by atoms with E-state index >= 15 is 0 Å². The van der Waals surface area contributed by atoms with Gasteiger partial charge in [-0.25, -0.2) is 4.39 Å². The van der Waals surface area contributed by atoms with Crippen molar-refractivity contribution in [2.75, 3.05) is 20.3 Å². The summed E-state index contributed by atoms with van der Waals surface area (Å²) in [7, 11) is 1.68. The lowest BCUT2D eigenvalue weighted by Crippen LogP contribution is -2.84. The summed E-state index contributed by atoms with van der Waals surface area (Å²) in [6, 6.07) is 4.02. The van der Waals surface area contributed by atoms with Crippen molar-refractivity contribution in [3.8, 4) is 5.75 Å². The molecule has 4 fully saturated rings. The van der Waals surface area contributed by atoms with Crippen LogP contribution in [0.4, 0.5) is 4.39 Å². The van der Waals surface area contributed by atoms with Crippen molar-refractivity contribution in [3.05, 3.63) is 29.0 Å². The molecule has 5 rings (SSSR count). The van der Waals surface area contributed by atoms with Gasteiger partial charge >= 0.3 is 0 Å². The first-order valence-electron chi connectivity index (χ1n) is 9.65. The van der Waals surface area contributed by atoms with Gasteiger partial charge in [-0.3, -0.25) is 9.59 Å². The Labute approximate surface area is 173 Å². The van der Waals surface area contributed by atoms with Crippen LogP contribution in [0.25, 0.3) is 0 Å². The number of nitrogens with one attached hydrogen (secondary N) is 2. The van der Waals surface area contributed by atoms with Crippen molar-refractivity contribution in [2.24, 2.45) is 0 Å². The average molecular weight is 427 g/mol. The Morgan fingerprint density at radius 3 is 2.31 bits per heavy atom. The van der Waals surface area contributed by atoms with Crippen LogP contribution in [-0.4, -0.2) is 55.4 Å². The number of hydrogen-bond acceptors (Lipinski definition) is 5. The maximum absolute atomic E-state index is 13.4. The molecule has 4 saturated carbocycles. The van der Waals surface area contributed by atoms with Crippen LogP contribution in [0.2, 0.25) is 5.02 Å². The third-order valence-electron chi connectivity index (χ3n) is 5.94. The summed E-state index contributed by atoms with van der Waals surface area (Å²) in [5, 5.41) is 5.98. The Balaban J connectivity index is 1.13. The van der Waals surface area contributed by atoms with Crippen molar-refractivity contribution in [2.45, 2.75) is 55.4 Å². The molecule has 4 aliphatic carbocycles. The lowest BCUT2D eigenvalue weighted by molar-refractivity contribution is -0.156. The minimum absolute atomic E-state index is 0.000251. The predicted molar refractivity (Wildman–Crippen MR) is 102 cm³/mol. The van der Waals surface area contributed by atoms with Gasteiger partial charge in [-0.15, -0.1) is 0 Å². The zero-order chi connectivity index (χ0) is 20.6. The highest BCUT2D eigenvalue weighted by Gasteiger charge is 2.69. The predicted octanol–water partition coefficient (Wildman–Crippen LogP) is 1.96. The van der Waals surface area contributed by atoms with Crippen molar-refractivity contribution < 1.29 is 28.2 Å². The van der Waals surface area contributed by atoms with E-state index in [1.54, 1.807) is 7.11 Å². The molecule has 2 bridgehead atoms. The lowest BCUT2D eigenvalue weighted by atomic mass is 9.44. The molecule has 1 aromatic rings. The summed E-state index contributed by atoms with van der Waals surface area (Å²) >= 11 is 5.62. The number of ether oxygens (including phenoxy) is 3. The summed E-state index contributed by atoms with van der Waals surface area (Å²) in [6.45, 7) is -0.159. The number of hydrogen-bond donors (Lipinski definition) is 2. The number of methoxy groups -OCH3 is 1. The summed E-state index contributed by atoms with van der Waals surface area (Å²) in [5.74, 6) is -0.757. The van der Waals surface area contributed by atoms with Crippen LogP contribution in [0.15, 0.2) is 18.2 Å². The first-order chi connectivity index (χ1) is 13.8. The maximum atomic E-state index is 13.4. The van der Waals surface area contributed by atoms with Gasteiger partial charge in [0.1, 0.15) is 18.2 Å². The van der Waals surface area contributed by atoms with E-state index in [4.69, 9.17) is 25.8 Å². The Hall–Kier alpha value is -1.90. The fourth-order valence-corrected chi connectivity index (χ4v) is 4.59. The molecule has 2 amide bonds. The van der Waals surface area contributed by atoms with E-state index in [2.05, 4.69) is 10.6 Å². The fourth-order valence-electron chi connectivity index (χ4n) is 4.47. The Bertz CT molecular complexity index is 794. The second-order valence-corrected chi connectivity index (χ2v) is 8.72. The number of amides is 2. The van der Waals surface area contributed by atoms with E-state index in [1.165, 1.54) is 12.1 Å². The van der Waals surface area contributed by atoms with E-state index < -0.39 is 5.82 Å². The number of halogens is 2. The second-order valence-electron chi connectivity index (χ2n) is 8.31. The van der Waals surface area contributed by atoms with Crippen molar-refractivity contribution in [1.82, 2.24) is 10.6 Å². The second kappa shape index (κ2) is 7.74. The molecule has 2 N–H and O–H groups in total. The maximum Gasteiger partial charge on any atom is 0.258 e. The lowest BCUT2D eigenvalue weighted by Gasteiger charge is -2.70. The molecule has 0 aliphatic heterocycles. The van der Waals surface area contributed by atoms with Crippen LogP contribution in [0.1, 0.15) is 32.1 Å². The molecule has 4 aliphatic rings. The topological polar surface area (TPSA) is 85.9 Å². The molecule has 7 nitrogen and oxygen atoms in total. The Morgan fingerprint density at radius 2 is 1.72 bits per heavy atom. The van der Waals surface area contributed by atoms with Crippen molar-refractivity contribution in [1.29, 1.82) is 0 Å². The number of benzene rings is 1.